The molecule has 1 aliphatic heterocycles. The minimum absolute atomic E-state index is 0.609. The molecule has 0 aromatic carbocycles. The summed E-state index contributed by atoms with van der Waals surface area (Å²) in [6.45, 7) is 5.48. The molecule has 19 heavy (non-hydrogen) atoms. The van der Waals surface area contributed by atoms with Gasteiger partial charge in [-0.3, -0.25) is 0 Å². The van der Waals surface area contributed by atoms with Crippen LogP contribution in [0.4, 0.5) is 11.8 Å². The lowest BCUT2D eigenvalue weighted by atomic mass is 10.00. The van der Waals surface area contributed by atoms with E-state index in [-0.39, 0.29) is 0 Å². The first-order valence-corrected chi connectivity index (χ1v) is 7.65. The first-order chi connectivity index (χ1) is 9.26. The first-order valence-electron chi connectivity index (χ1n) is 7.65. The minimum atomic E-state index is 0.609. The second kappa shape index (κ2) is 5.35. The molecule has 0 radical (unpaired) electrons. The Morgan fingerprint density at radius 2 is 2.11 bits per heavy atom. The van der Waals surface area contributed by atoms with Crippen LogP contribution in [0.25, 0.3) is 0 Å². The van der Waals surface area contributed by atoms with Gasteiger partial charge in [-0.25, -0.2) is 4.98 Å². The van der Waals surface area contributed by atoms with Crippen molar-refractivity contribution < 1.29 is 0 Å². The van der Waals surface area contributed by atoms with E-state index in [1.165, 1.54) is 38.5 Å². The molecule has 4 heteroatoms. The molecular formula is C15H24N4. The largest absolute Gasteiger partial charge is 0.353 e. The van der Waals surface area contributed by atoms with Crippen molar-refractivity contribution in [2.45, 2.75) is 64.5 Å². The highest BCUT2D eigenvalue weighted by molar-refractivity contribution is 5.46. The molecule has 1 aliphatic carbocycles. The molecule has 1 unspecified atom stereocenters. The summed E-state index contributed by atoms with van der Waals surface area (Å²) in [6, 6.07) is 3.39. The van der Waals surface area contributed by atoms with Gasteiger partial charge in [-0.05, 0) is 45.4 Å². The molecular weight excluding hydrogens is 236 g/mol. The van der Waals surface area contributed by atoms with Crippen LogP contribution in [0, 0.1) is 6.92 Å². The normalized spacial score (nSPS) is 23.5. The topological polar surface area (TPSA) is 41.1 Å². The van der Waals surface area contributed by atoms with Crippen LogP contribution in [-0.4, -0.2) is 28.6 Å². The molecule has 1 N–H and O–H groups in total. The van der Waals surface area contributed by atoms with E-state index in [1.807, 2.05) is 0 Å². The van der Waals surface area contributed by atoms with Gasteiger partial charge in [0.1, 0.15) is 5.82 Å². The lowest BCUT2D eigenvalue weighted by Crippen LogP contribution is -2.39. The summed E-state index contributed by atoms with van der Waals surface area (Å²) >= 11 is 0. The number of hydrogen-bond donors (Lipinski definition) is 1. The van der Waals surface area contributed by atoms with Crippen LogP contribution in [0.1, 0.15) is 51.1 Å². The van der Waals surface area contributed by atoms with E-state index < -0.39 is 0 Å². The van der Waals surface area contributed by atoms with Crippen molar-refractivity contribution in [3.63, 3.8) is 0 Å². The fourth-order valence-corrected chi connectivity index (χ4v) is 2.90. The van der Waals surface area contributed by atoms with Gasteiger partial charge in [-0.15, -0.1) is 0 Å². The second-order valence-electron chi connectivity index (χ2n) is 5.86. The Hall–Kier alpha value is -1.32. The number of nitrogens with one attached hydrogen (secondary N) is 1. The van der Waals surface area contributed by atoms with Crippen LogP contribution in [0.3, 0.4) is 0 Å². The highest BCUT2D eigenvalue weighted by Gasteiger charge is 2.25. The van der Waals surface area contributed by atoms with Crippen molar-refractivity contribution in [1.82, 2.24) is 9.97 Å². The number of piperidine rings is 1. The van der Waals surface area contributed by atoms with Gasteiger partial charge in [-0.2, -0.15) is 4.98 Å². The van der Waals surface area contributed by atoms with Crippen LogP contribution >= 0.6 is 0 Å². The molecule has 4 nitrogen and oxygen atoms in total. The van der Waals surface area contributed by atoms with Crippen molar-refractivity contribution in [3.05, 3.63) is 11.8 Å². The van der Waals surface area contributed by atoms with E-state index in [0.717, 1.165) is 24.0 Å². The third-order valence-electron chi connectivity index (χ3n) is 4.14. The molecule has 0 bridgehead atoms. The van der Waals surface area contributed by atoms with E-state index in [2.05, 4.69) is 35.1 Å². The second-order valence-corrected chi connectivity index (χ2v) is 5.86. The monoisotopic (exact) mass is 260 g/mol. The molecule has 2 heterocycles. The number of hydrogen-bond acceptors (Lipinski definition) is 4. The fourth-order valence-electron chi connectivity index (χ4n) is 2.90. The molecule has 1 aromatic heterocycles. The third-order valence-corrected chi connectivity index (χ3v) is 4.14. The van der Waals surface area contributed by atoms with Gasteiger partial charge in [0.15, 0.2) is 0 Å². The number of rotatable bonds is 4. The van der Waals surface area contributed by atoms with E-state index >= 15 is 0 Å². The van der Waals surface area contributed by atoms with Crippen molar-refractivity contribution in [3.8, 4) is 0 Å². The summed E-state index contributed by atoms with van der Waals surface area (Å²) in [5.41, 5.74) is 1.06. The maximum atomic E-state index is 4.74. The van der Waals surface area contributed by atoms with Gasteiger partial charge < -0.3 is 10.2 Å². The van der Waals surface area contributed by atoms with E-state index in [1.54, 1.807) is 0 Å². The number of aryl methyl sites for hydroxylation is 1. The van der Waals surface area contributed by atoms with Crippen molar-refractivity contribution in [2.24, 2.45) is 0 Å². The van der Waals surface area contributed by atoms with Crippen LogP contribution in [0.2, 0.25) is 0 Å². The lowest BCUT2D eigenvalue weighted by molar-refractivity contribution is 0.446. The Kier molecular flexibility index (Phi) is 3.58. The maximum absolute atomic E-state index is 4.74. The van der Waals surface area contributed by atoms with Gasteiger partial charge in [0.25, 0.3) is 0 Å². The van der Waals surface area contributed by atoms with Crippen molar-refractivity contribution in [1.29, 1.82) is 0 Å². The summed E-state index contributed by atoms with van der Waals surface area (Å²) in [5.74, 6) is 1.93. The van der Waals surface area contributed by atoms with Crippen LogP contribution < -0.4 is 10.2 Å². The molecule has 0 spiro atoms. The highest BCUT2D eigenvalue weighted by Crippen LogP contribution is 2.28. The molecule has 2 aliphatic rings. The zero-order chi connectivity index (χ0) is 13.2. The summed E-state index contributed by atoms with van der Waals surface area (Å²) in [7, 11) is 0. The van der Waals surface area contributed by atoms with E-state index in [4.69, 9.17) is 4.98 Å². The van der Waals surface area contributed by atoms with E-state index in [9.17, 15) is 0 Å². The summed E-state index contributed by atoms with van der Waals surface area (Å²) < 4.78 is 0. The summed E-state index contributed by atoms with van der Waals surface area (Å²) in [6.07, 6.45) is 7.65. The molecule has 2 fully saturated rings. The number of nitrogens with zero attached hydrogens (tertiary/aromatic N) is 3. The Balaban J connectivity index is 1.83. The number of anilines is 2. The highest BCUT2D eigenvalue weighted by atomic mass is 15.3. The zero-order valence-corrected chi connectivity index (χ0v) is 12.0. The molecule has 3 rings (SSSR count). The van der Waals surface area contributed by atoms with E-state index in [0.29, 0.717) is 12.1 Å². The average Bonchev–Trinajstić information content (AvgIpc) is 3.22. The standard InChI is InChI=1S/C15H24N4/c1-3-13-6-4-5-9-19(13)14-10-11(2)16-15(18-14)17-12-7-8-12/h10,12-13H,3-9H2,1-2H3,(H,16,17,18). The van der Waals surface area contributed by atoms with Gasteiger partial charge >= 0.3 is 0 Å². The van der Waals surface area contributed by atoms with Gasteiger partial charge in [0.05, 0.1) is 0 Å². The van der Waals surface area contributed by atoms with Crippen LogP contribution in [0.15, 0.2) is 6.07 Å². The predicted octanol–water partition coefficient (Wildman–Crippen LogP) is 3.13. The van der Waals surface area contributed by atoms with Crippen LogP contribution in [0.5, 0.6) is 0 Å². The smallest absolute Gasteiger partial charge is 0.225 e. The summed E-state index contributed by atoms with van der Waals surface area (Å²) in [5, 5.41) is 3.42. The Morgan fingerprint density at radius 1 is 1.26 bits per heavy atom. The quantitative estimate of drug-likeness (QED) is 0.903. The number of aromatic nitrogens is 2. The van der Waals surface area contributed by atoms with Gasteiger partial charge in [0, 0.05) is 30.4 Å². The Bertz CT molecular complexity index is 442. The zero-order valence-electron chi connectivity index (χ0n) is 12.0. The minimum Gasteiger partial charge on any atom is -0.353 e. The van der Waals surface area contributed by atoms with Crippen molar-refractivity contribution in [2.75, 3.05) is 16.8 Å². The third kappa shape index (κ3) is 2.99. The first kappa shape index (κ1) is 12.7. The van der Waals surface area contributed by atoms with Gasteiger partial charge in [0.2, 0.25) is 5.95 Å². The average molecular weight is 260 g/mol. The molecule has 1 saturated heterocycles. The van der Waals surface area contributed by atoms with Crippen molar-refractivity contribution >= 4 is 11.8 Å². The lowest BCUT2D eigenvalue weighted by Gasteiger charge is -2.36. The molecule has 104 valence electrons. The van der Waals surface area contributed by atoms with Gasteiger partial charge in [-0.1, -0.05) is 6.92 Å². The Morgan fingerprint density at radius 3 is 2.84 bits per heavy atom. The Labute approximate surface area is 115 Å². The predicted molar refractivity (Wildman–Crippen MR) is 78.7 cm³/mol. The molecule has 0 amide bonds. The summed E-state index contributed by atoms with van der Waals surface area (Å²) in [4.78, 5) is 11.7. The maximum Gasteiger partial charge on any atom is 0.225 e. The molecule has 1 atom stereocenters. The molecule has 1 saturated carbocycles. The fraction of sp³-hybridized carbons (Fsp3) is 0.733. The van der Waals surface area contributed by atoms with Crippen LogP contribution in [-0.2, 0) is 0 Å². The SMILES string of the molecule is CCC1CCCCN1c1cc(C)nc(NC2CC2)n1. The molecule has 1 aromatic rings.